The average molecular weight is 518 g/mol. The number of aromatic nitrogens is 2. The van der Waals surface area contributed by atoms with Crippen LogP contribution in [0.5, 0.6) is 0 Å². The molecule has 1 N–H and O–H groups in total. The number of aliphatic imine (C=N–C) groups is 1. The van der Waals surface area contributed by atoms with E-state index >= 15 is 0 Å². The van der Waals surface area contributed by atoms with Gasteiger partial charge in [0.05, 0.1) is 19.3 Å². The van der Waals surface area contributed by atoms with Gasteiger partial charge in [-0.25, -0.2) is 0 Å². The minimum Gasteiger partial charge on any atom is -0.370 e. The molecule has 166 valence electrons. The van der Waals surface area contributed by atoms with Crippen molar-refractivity contribution < 1.29 is 4.74 Å². The number of guanidine groups is 1. The lowest BCUT2D eigenvalue weighted by Crippen LogP contribution is -2.48. The lowest BCUT2D eigenvalue weighted by Gasteiger charge is -2.36. The van der Waals surface area contributed by atoms with Crippen molar-refractivity contribution in [3.8, 4) is 0 Å². The molecular weight excluding hydrogens is 479 g/mol. The first kappa shape index (κ1) is 24.4. The molecule has 0 aromatic carbocycles. The van der Waals surface area contributed by atoms with Crippen molar-refractivity contribution in [3.63, 3.8) is 0 Å². The van der Waals surface area contributed by atoms with Crippen LogP contribution >= 0.6 is 24.0 Å². The van der Waals surface area contributed by atoms with Crippen molar-refractivity contribution in [1.82, 2.24) is 24.9 Å². The van der Waals surface area contributed by atoms with Crippen LogP contribution in [-0.4, -0.2) is 78.0 Å². The molecule has 2 fully saturated rings. The zero-order valence-corrected chi connectivity index (χ0v) is 20.8. The predicted molar refractivity (Wildman–Crippen MR) is 129 cm³/mol. The second-order valence-electron chi connectivity index (χ2n) is 8.61. The van der Waals surface area contributed by atoms with Crippen LogP contribution in [-0.2, 0) is 11.8 Å². The van der Waals surface area contributed by atoms with E-state index in [1.807, 2.05) is 24.1 Å². The molecule has 0 radical (unpaired) electrons. The molecule has 29 heavy (non-hydrogen) atoms. The number of piperidine rings is 1. The number of likely N-dealkylation sites (tertiary alicyclic amines) is 1. The summed E-state index contributed by atoms with van der Waals surface area (Å²) in [7, 11) is 1.95. The molecule has 0 amide bonds. The third kappa shape index (κ3) is 7.40. The fraction of sp³-hybridized carbons (Fsp3) is 0.810. The van der Waals surface area contributed by atoms with Gasteiger partial charge < -0.3 is 19.9 Å². The fourth-order valence-electron chi connectivity index (χ4n) is 4.27. The van der Waals surface area contributed by atoms with E-state index in [1.54, 1.807) is 0 Å². The zero-order chi connectivity index (χ0) is 19.9. The maximum absolute atomic E-state index is 6.00. The number of ether oxygens (including phenoxy) is 1. The smallest absolute Gasteiger partial charge is 0.194 e. The molecule has 2 unspecified atom stereocenters. The Kier molecular flexibility index (Phi) is 10.2. The van der Waals surface area contributed by atoms with E-state index in [-0.39, 0.29) is 30.1 Å². The molecule has 7 nitrogen and oxygen atoms in total. The topological polar surface area (TPSA) is 57.9 Å². The second-order valence-corrected chi connectivity index (χ2v) is 8.61. The molecule has 1 aromatic heterocycles. The van der Waals surface area contributed by atoms with E-state index < -0.39 is 0 Å². The monoisotopic (exact) mass is 518 g/mol. The number of hydrogen-bond acceptors (Lipinski definition) is 4. The van der Waals surface area contributed by atoms with Crippen molar-refractivity contribution in [2.45, 2.75) is 39.7 Å². The lowest BCUT2D eigenvalue weighted by atomic mass is 9.97. The highest BCUT2D eigenvalue weighted by Crippen LogP contribution is 2.22. The van der Waals surface area contributed by atoms with Crippen LogP contribution in [0.15, 0.2) is 17.4 Å². The molecule has 3 heterocycles. The molecule has 3 rings (SSSR count). The van der Waals surface area contributed by atoms with E-state index in [0.717, 1.165) is 50.2 Å². The van der Waals surface area contributed by atoms with E-state index in [4.69, 9.17) is 9.73 Å². The van der Waals surface area contributed by atoms with E-state index in [0.29, 0.717) is 5.92 Å². The van der Waals surface area contributed by atoms with Gasteiger partial charge in [-0.1, -0.05) is 13.8 Å². The van der Waals surface area contributed by atoms with Crippen LogP contribution in [0.4, 0.5) is 0 Å². The van der Waals surface area contributed by atoms with E-state index in [2.05, 4.69) is 41.0 Å². The number of halogens is 1. The molecule has 0 saturated carbocycles. The molecule has 0 bridgehead atoms. The van der Waals surface area contributed by atoms with Gasteiger partial charge in [-0.2, -0.15) is 5.10 Å². The van der Waals surface area contributed by atoms with Gasteiger partial charge in [-0.15, -0.1) is 24.0 Å². The van der Waals surface area contributed by atoms with Gasteiger partial charge >= 0.3 is 0 Å². The highest BCUT2D eigenvalue weighted by Gasteiger charge is 2.26. The second kappa shape index (κ2) is 12.1. The SMILES string of the molecule is CCNC(=NCC1CCCN(CC(C)C)C1)N1CCOC(c2cnn(C)c2)C1.I. The first-order valence-electron chi connectivity index (χ1n) is 10.9. The minimum atomic E-state index is 0. The molecule has 2 aliphatic heterocycles. The molecule has 2 saturated heterocycles. The normalized spacial score (nSPS) is 23.9. The van der Waals surface area contributed by atoms with Gasteiger partial charge in [0.25, 0.3) is 0 Å². The molecule has 2 aliphatic rings. The van der Waals surface area contributed by atoms with Gasteiger partial charge in [-0.05, 0) is 38.1 Å². The van der Waals surface area contributed by atoms with E-state index in [1.165, 1.54) is 32.5 Å². The van der Waals surface area contributed by atoms with Gasteiger partial charge in [-0.3, -0.25) is 9.67 Å². The average Bonchev–Trinajstić information content (AvgIpc) is 3.11. The van der Waals surface area contributed by atoms with Crippen LogP contribution in [0, 0.1) is 11.8 Å². The Labute approximate surface area is 193 Å². The molecule has 2 atom stereocenters. The van der Waals surface area contributed by atoms with Gasteiger partial charge in [0.1, 0.15) is 6.10 Å². The summed E-state index contributed by atoms with van der Waals surface area (Å²) in [4.78, 5) is 10.0. The molecule has 0 aliphatic carbocycles. The summed E-state index contributed by atoms with van der Waals surface area (Å²) >= 11 is 0. The Hall–Kier alpha value is -0.870. The first-order valence-corrected chi connectivity index (χ1v) is 10.9. The first-order chi connectivity index (χ1) is 13.5. The fourth-order valence-corrected chi connectivity index (χ4v) is 4.27. The summed E-state index contributed by atoms with van der Waals surface area (Å²) in [5, 5.41) is 7.79. The summed E-state index contributed by atoms with van der Waals surface area (Å²) in [5.74, 6) is 2.43. The number of rotatable bonds is 6. The van der Waals surface area contributed by atoms with Gasteiger partial charge in [0.15, 0.2) is 5.96 Å². The largest absolute Gasteiger partial charge is 0.370 e. The zero-order valence-electron chi connectivity index (χ0n) is 18.5. The number of nitrogens with zero attached hydrogens (tertiary/aromatic N) is 5. The maximum atomic E-state index is 6.00. The van der Waals surface area contributed by atoms with Crippen molar-refractivity contribution in [1.29, 1.82) is 0 Å². The molecule has 0 spiro atoms. The Morgan fingerprint density at radius 1 is 1.34 bits per heavy atom. The van der Waals surface area contributed by atoms with Gasteiger partial charge in [0, 0.05) is 51.5 Å². The van der Waals surface area contributed by atoms with Crippen molar-refractivity contribution in [2.75, 3.05) is 52.4 Å². The Balaban J connectivity index is 0.00000300. The highest BCUT2D eigenvalue weighted by atomic mass is 127. The quantitative estimate of drug-likeness (QED) is 0.357. The lowest BCUT2D eigenvalue weighted by molar-refractivity contribution is -0.00808. The standard InChI is InChI=1S/C21H38N6O.HI/c1-5-22-21(23-11-18-7-6-8-26(14-18)13-17(2)3)27-9-10-28-20(16-27)19-12-24-25(4)15-19;/h12,15,17-18,20H,5-11,13-14,16H2,1-4H3,(H,22,23);1H. The third-order valence-corrected chi connectivity index (χ3v) is 5.52. The van der Waals surface area contributed by atoms with E-state index in [9.17, 15) is 0 Å². The summed E-state index contributed by atoms with van der Waals surface area (Å²) < 4.78 is 7.83. The van der Waals surface area contributed by atoms with Crippen LogP contribution in [0.1, 0.15) is 45.3 Å². The Morgan fingerprint density at radius 3 is 2.86 bits per heavy atom. The van der Waals surface area contributed by atoms with Crippen molar-refractivity contribution >= 4 is 29.9 Å². The van der Waals surface area contributed by atoms with Crippen molar-refractivity contribution in [3.05, 3.63) is 18.0 Å². The summed E-state index contributed by atoms with van der Waals surface area (Å²) in [6, 6.07) is 0. The highest BCUT2D eigenvalue weighted by molar-refractivity contribution is 14.0. The van der Waals surface area contributed by atoms with Crippen LogP contribution < -0.4 is 5.32 Å². The van der Waals surface area contributed by atoms with Gasteiger partial charge in [0.2, 0.25) is 0 Å². The molecule has 1 aromatic rings. The summed E-state index contributed by atoms with van der Waals surface area (Å²) in [6.07, 6.45) is 6.60. The molecular formula is C21H39IN6O. The van der Waals surface area contributed by atoms with Crippen molar-refractivity contribution in [2.24, 2.45) is 23.9 Å². The number of morpholine rings is 1. The van der Waals surface area contributed by atoms with Crippen LogP contribution in [0.2, 0.25) is 0 Å². The minimum absolute atomic E-state index is 0. The molecule has 8 heteroatoms. The van der Waals surface area contributed by atoms with Crippen LogP contribution in [0.3, 0.4) is 0 Å². The summed E-state index contributed by atoms with van der Waals surface area (Å²) in [6.45, 7) is 14.6. The third-order valence-electron chi connectivity index (χ3n) is 5.52. The number of nitrogens with one attached hydrogen (secondary N) is 1. The Morgan fingerprint density at radius 2 is 2.17 bits per heavy atom. The maximum Gasteiger partial charge on any atom is 0.194 e. The predicted octanol–water partition coefficient (Wildman–Crippen LogP) is 2.74. The Bertz CT molecular complexity index is 634. The summed E-state index contributed by atoms with van der Waals surface area (Å²) in [5.41, 5.74) is 1.14. The van der Waals surface area contributed by atoms with Crippen LogP contribution in [0.25, 0.3) is 0 Å². The number of hydrogen-bond donors (Lipinski definition) is 1. The number of aryl methyl sites for hydroxylation is 1.